The lowest BCUT2D eigenvalue weighted by Crippen LogP contribution is -2.63. The molecule has 0 bridgehead atoms. The predicted octanol–water partition coefficient (Wildman–Crippen LogP) is 1.52. The van der Waals surface area contributed by atoms with Crippen LogP contribution in [0.1, 0.15) is 12.8 Å². The first-order valence-electron chi connectivity index (χ1n) is 5.41. The molecular formula is C12H16N2O3S. The second kappa shape index (κ2) is 5.86. The van der Waals surface area contributed by atoms with Crippen LogP contribution in [0, 0.1) is 5.41 Å². The molecule has 0 saturated carbocycles. The van der Waals surface area contributed by atoms with Crippen LogP contribution in [-0.2, 0) is 9.59 Å². The Hall–Kier alpha value is -1.56. The average molecular weight is 268 g/mol. The van der Waals surface area contributed by atoms with Crippen LogP contribution in [0.15, 0.2) is 25.3 Å². The molecule has 1 N–H and O–H groups in total. The van der Waals surface area contributed by atoms with Crippen molar-refractivity contribution in [2.24, 2.45) is 5.41 Å². The second-order valence-corrected chi connectivity index (χ2v) is 4.81. The molecule has 98 valence electrons. The number of barbiturate groups is 1. The summed E-state index contributed by atoms with van der Waals surface area (Å²) in [5, 5.41) is 2.22. The highest BCUT2D eigenvalue weighted by atomic mass is 32.2. The van der Waals surface area contributed by atoms with Gasteiger partial charge in [-0.1, -0.05) is 12.2 Å². The van der Waals surface area contributed by atoms with Gasteiger partial charge in [0.15, 0.2) is 0 Å². The number of nitrogens with one attached hydrogen (secondary N) is 1. The maximum Gasteiger partial charge on any atom is 0.331 e. The zero-order chi connectivity index (χ0) is 13.8. The lowest BCUT2D eigenvalue weighted by atomic mass is 9.77. The zero-order valence-electron chi connectivity index (χ0n) is 10.3. The van der Waals surface area contributed by atoms with Crippen molar-refractivity contribution in [3.05, 3.63) is 25.3 Å². The summed E-state index contributed by atoms with van der Waals surface area (Å²) in [4.78, 5) is 37.0. The van der Waals surface area contributed by atoms with E-state index in [1.807, 2.05) is 0 Å². The van der Waals surface area contributed by atoms with Crippen LogP contribution in [0.3, 0.4) is 0 Å². The highest BCUT2D eigenvalue weighted by Crippen LogP contribution is 2.34. The molecule has 0 aromatic heterocycles. The summed E-state index contributed by atoms with van der Waals surface area (Å²) in [6.07, 6.45) is 5.16. The number of imide groups is 2. The Morgan fingerprint density at radius 1 is 1.28 bits per heavy atom. The van der Waals surface area contributed by atoms with Crippen LogP contribution in [0.2, 0.25) is 0 Å². The normalized spacial score (nSPS) is 18.5. The fraction of sp³-hybridized carbons (Fsp3) is 0.417. The Balaban J connectivity index is 3.17. The van der Waals surface area contributed by atoms with Gasteiger partial charge in [-0.2, -0.15) is 0 Å². The van der Waals surface area contributed by atoms with Gasteiger partial charge in [0, 0.05) is 0 Å². The van der Waals surface area contributed by atoms with E-state index in [0.29, 0.717) is 0 Å². The lowest BCUT2D eigenvalue weighted by molar-refractivity contribution is -0.150. The van der Waals surface area contributed by atoms with Crippen molar-refractivity contribution >= 4 is 29.6 Å². The van der Waals surface area contributed by atoms with Gasteiger partial charge in [0.05, 0.1) is 5.88 Å². The molecule has 5 nitrogen and oxygen atoms in total. The Morgan fingerprint density at radius 2 is 1.83 bits per heavy atom. The highest BCUT2D eigenvalue weighted by molar-refractivity contribution is 7.98. The van der Waals surface area contributed by atoms with E-state index >= 15 is 0 Å². The first-order chi connectivity index (χ1) is 8.53. The van der Waals surface area contributed by atoms with Crippen molar-refractivity contribution in [1.82, 2.24) is 10.2 Å². The quantitative estimate of drug-likeness (QED) is 0.586. The van der Waals surface area contributed by atoms with Crippen molar-refractivity contribution in [3.63, 3.8) is 0 Å². The Bertz CT molecular complexity index is 396. The molecule has 0 unspecified atom stereocenters. The van der Waals surface area contributed by atoms with Gasteiger partial charge < -0.3 is 0 Å². The van der Waals surface area contributed by atoms with Gasteiger partial charge in [0.1, 0.15) is 5.41 Å². The number of allylic oxidation sites excluding steroid dienone is 2. The maximum absolute atomic E-state index is 12.4. The van der Waals surface area contributed by atoms with Gasteiger partial charge in [-0.05, 0) is 19.1 Å². The third-order valence-corrected chi connectivity index (χ3v) is 3.31. The summed E-state index contributed by atoms with van der Waals surface area (Å²) < 4.78 is 0. The van der Waals surface area contributed by atoms with Gasteiger partial charge in [-0.3, -0.25) is 19.8 Å². The van der Waals surface area contributed by atoms with Gasteiger partial charge in [0.25, 0.3) is 0 Å². The van der Waals surface area contributed by atoms with E-state index in [0.717, 1.165) is 4.90 Å². The average Bonchev–Trinajstić information content (AvgIpc) is 2.32. The van der Waals surface area contributed by atoms with Gasteiger partial charge >= 0.3 is 6.03 Å². The molecule has 0 aliphatic carbocycles. The molecule has 1 heterocycles. The number of carbonyl (C=O) groups excluding carboxylic acids is 3. The van der Waals surface area contributed by atoms with Crippen molar-refractivity contribution < 1.29 is 14.4 Å². The molecule has 6 heteroatoms. The standard InChI is InChI=1S/C12H16N2O3S/c1-4-6-12(7-5-2)9(15)13-11(17)14(8-18-3)10(12)16/h4-5H,1-2,6-8H2,3H3,(H,13,15,17). The lowest BCUT2D eigenvalue weighted by Gasteiger charge is -2.38. The van der Waals surface area contributed by atoms with Crippen LogP contribution >= 0.6 is 11.8 Å². The van der Waals surface area contributed by atoms with Gasteiger partial charge in [-0.25, -0.2) is 4.79 Å². The van der Waals surface area contributed by atoms with Crippen LogP contribution < -0.4 is 5.32 Å². The van der Waals surface area contributed by atoms with E-state index in [4.69, 9.17) is 0 Å². The van der Waals surface area contributed by atoms with Crippen LogP contribution in [-0.4, -0.2) is 34.9 Å². The first kappa shape index (κ1) is 14.5. The van der Waals surface area contributed by atoms with Crippen LogP contribution in [0.5, 0.6) is 0 Å². The number of nitrogens with zero attached hydrogens (tertiary/aromatic N) is 1. The van der Waals surface area contributed by atoms with Crippen LogP contribution in [0.25, 0.3) is 0 Å². The molecule has 1 aliphatic heterocycles. The smallest absolute Gasteiger partial charge is 0.277 e. The molecule has 1 fully saturated rings. The van der Waals surface area contributed by atoms with Gasteiger partial charge in [-0.15, -0.1) is 24.9 Å². The monoisotopic (exact) mass is 268 g/mol. The minimum Gasteiger partial charge on any atom is -0.277 e. The summed E-state index contributed by atoms with van der Waals surface area (Å²) in [7, 11) is 0. The molecule has 0 aromatic carbocycles. The summed E-state index contributed by atoms with van der Waals surface area (Å²) in [6.45, 7) is 7.13. The SMILES string of the molecule is C=CCC1(CC=C)C(=O)NC(=O)N(CSC)C1=O. The largest absolute Gasteiger partial charge is 0.331 e. The van der Waals surface area contributed by atoms with E-state index < -0.39 is 23.3 Å². The topological polar surface area (TPSA) is 66.5 Å². The zero-order valence-corrected chi connectivity index (χ0v) is 11.1. The number of hydrogen-bond donors (Lipinski definition) is 1. The molecule has 0 aromatic rings. The van der Waals surface area contributed by atoms with Crippen molar-refractivity contribution in [1.29, 1.82) is 0 Å². The van der Waals surface area contributed by atoms with Crippen molar-refractivity contribution in [2.45, 2.75) is 12.8 Å². The number of carbonyl (C=O) groups is 3. The fourth-order valence-corrected chi connectivity index (χ4v) is 2.41. The Kier molecular flexibility index (Phi) is 4.72. The summed E-state index contributed by atoms with van der Waals surface area (Å²) in [5.41, 5.74) is -1.28. The minimum atomic E-state index is -1.28. The molecule has 4 amide bonds. The van der Waals surface area contributed by atoms with Crippen LogP contribution in [0.4, 0.5) is 4.79 Å². The number of amides is 4. The molecule has 1 saturated heterocycles. The Labute approximate surface area is 110 Å². The predicted molar refractivity (Wildman–Crippen MR) is 70.8 cm³/mol. The second-order valence-electron chi connectivity index (χ2n) is 3.98. The molecule has 1 rings (SSSR count). The van der Waals surface area contributed by atoms with Crippen molar-refractivity contribution in [3.8, 4) is 0 Å². The number of rotatable bonds is 6. The van der Waals surface area contributed by atoms with E-state index in [2.05, 4.69) is 18.5 Å². The molecule has 18 heavy (non-hydrogen) atoms. The molecule has 1 aliphatic rings. The minimum absolute atomic E-state index is 0.182. The third kappa shape index (κ3) is 2.33. The summed E-state index contributed by atoms with van der Waals surface area (Å²) >= 11 is 1.34. The number of hydrogen-bond acceptors (Lipinski definition) is 4. The first-order valence-corrected chi connectivity index (χ1v) is 6.81. The molecule has 0 spiro atoms. The van der Waals surface area contributed by atoms with Gasteiger partial charge in [0.2, 0.25) is 11.8 Å². The van der Waals surface area contributed by atoms with E-state index in [9.17, 15) is 14.4 Å². The third-order valence-electron chi connectivity index (χ3n) is 2.80. The summed E-state index contributed by atoms with van der Waals surface area (Å²) in [5.74, 6) is -0.839. The van der Waals surface area contributed by atoms with E-state index in [1.165, 1.54) is 23.9 Å². The van der Waals surface area contributed by atoms with E-state index in [1.54, 1.807) is 6.26 Å². The summed E-state index contributed by atoms with van der Waals surface area (Å²) in [6, 6.07) is -0.664. The maximum atomic E-state index is 12.4. The highest BCUT2D eigenvalue weighted by Gasteiger charge is 2.52. The number of urea groups is 1. The van der Waals surface area contributed by atoms with E-state index in [-0.39, 0.29) is 18.7 Å². The Morgan fingerprint density at radius 3 is 2.28 bits per heavy atom. The van der Waals surface area contributed by atoms with Crippen molar-refractivity contribution in [2.75, 3.05) is 12.1 Å². The fourth-order valence-electron chi connectivity index (χ4n) is 1.91. The molecule has 0 radical (unpaired) electrons. The molecular weight excluding hydrogens is 252 g/mol. The number of thioether (sulfide) groups is 1. The molecule has 0 atom stereocenters.